The van der Waals surface area contributed by atoms with Crippen LogP contribution in [-0.2, 0) is 17.6 Å². The van der Waals surface area contributed by atoms with Gasteiger partial charge < -0.3 is 9.47 Å². The van der Waals surface area contributed by atoms with Gasteiger partial charge >= 0.3 is 5.97 Å². The first-order valence-electron chi connectivity index (χ1n) is 9.32. The van der Waals surface area contributed by atoms with E-state index < -0.39 is 5.97 Å². The zero-order valence-corrected chi connectivity index (χ0v) is 15.5. The van der Waals surface area contributed by atoms with Crippen molar-refractivity contribution in [2.45, 2.75) is 32.6 Å². The summed E-state index contributed by atoms with van der Waals surface area (Å²) in [5.74, 6) is 1.92. The minimum absolute atomic E-state index is 0.429. The lowest BCUT2D eigenvalue weighted by Gasteiger charge is -2.25. The summed E-state index contributed by atoms with van der Waals surface area (Å²) >= 11 is 0. The van der Waals surface area contributed by atoms with Gasteiger partial charge in [0, 0.05) is 28.0 Å². The molecule has 4 rings (SSSR count). The van der Waals surface area contributed by atoms with E-state index in [1.807, 2.05) is 42.5 Å². The lowest BCUT2D eigenvalue weighted by atomic mass is 9.87. The van der Waals surface area contributed by atoms with Gasteiger partial charge in [0.15, 0.2) is 0 Å². The van der Waals surface area contributed by atoms with Crippen molar-refractivity contribution >= 4 is 16.7 Å². The van der Waals surface area contributed by atoms with Crippen LogP contribution in [-0.4, -0.2) is 5.97 Å². The standard InChI is InChI=1S/C24H22O3/c1-3-22(25)27-23-18-11-7-8-12-19(18)24(26-17-9-5-4-6-10-17)21-15-16(2)13-14-20(21)23/h3-6,9-10,13-15H,1,7-8,11-12H2,2H3. The molecule has 0 amide bonds. The second-order valence-corrected chi connectivity index (χ2v) is 6.91. The molecule has 0 unspecified atom stereocenters. The van der Waals surface area contributed by atoms with Crippen molar-refractivity contribution in [3.05, 3.63) is 77.9 Å². The molecule has 3 aromatic rings. The number of hydrogen-bond donors (Lipinski definition) is 0. The molecular formula is C24H22O3. The van der Waals surface area contributed by atoms with E-state index >= 15 is 0 Å². The number of hydrogen-bond acceptors (Lipinski definition) is 3. The minimum Gasteiger partial charge on any atom is -0.456 e. The summed E-state index contributed by atoms with van der Waals surface area (Å²) in [5, 5.41) is 1.88. The van der Waals surface area contributed by atoms with E-state index in [1.54, 1.807) is 0 Å². The third kappa shape index (κ3) is 3.33. The zero-order valence-electron chi connectivity index (χ0n) is 15.5. The van der Waals surface area contributed by atoms with E-state index in [0.717, 1.165) is 64.6 Å². The van der Waals surface area contributed by atoms with Crippen molar-refractivity contribution in [3.63, 3.8) is 0 Å². The third-order valence-electron chi connectivity index (χ3n) is 5.01. The number of carbonyl (C=O) groups excluding carboxylic acids is 1. The Morgan fingerprint density at radius 1 is 0.963 bits per heavy atom. The van der Waals surface area contributed by atoms with Crippen molar-refractivity contribution < 1.29 is 14.3 Å². The fourth-order valence-corrected chi connectivity index (χ4v) is 3.76. The summed E-state index contributed by atoms with van der Waals surface area (Å²) in [6.45, 7) is 5.59. The number of rotatable bonds is 4. The van der Waals surface area contributed by atoms with Gasteiger partial charge in [0.05, 0.1) is 0 Å². The maximum absolute atomic E-state index is 12.0. The van der Waals surface area contributed by atoms with Crippen molar-refractivity contribution in [1.29, 1.82) is 0 Å². The predicted octanol–water partition coefficient (Wildman–Crippen LogP) is 5.91. The molecule has 0 heterocycles. The van der Waals surface area contributed by atoms with Gasteiger partial charge in [-0.15, -0.1) is 0 Å². The van der Waals surface area contributed by atoms with Crippen molar-refractivity contribution in [2.24, 2.45) is 0 Å². The maximum Gasteiger partial charge on any atom is 0.335 e. The predicted molar refractivity (Wildman–Crippen MR) is 108 cm³/mol. The van der Waals surface area contributed by atoms with Crippen LogP contribution in [0.2, 0.25) is 0 Å². The molecule has 0 atom stereocenters. The highest BCUT2D eigenvalue weighted by Gasteiger charge is 2.25. The molecule has 1 aliphatic rings. The minimum atomic E-state index is -0.429. The fraction of sp³-hybridized carbons (Fsp3) is 0.208. The van der Waals surface area contributed by atoms with Crippen LogP contribution in [0.25, 0.3) is 10.8 Å². The molecule has 0 aromatic heterocycles. The molecule has 3 heteroatoms. The number of carbonyl (C=O) groups is 1. The van der Waals surface area contributed by atoms with Crippen LogP contribution in [0.4, 0.5) is 0 Å². The zero-order chi connectivity index (χ0) is 18.8. The normalized spacial score (nSPS) is 13.1. The Labute approximate surface area is 159 Å². The lowest BCUT2D eigenvalue weighted by molar-refractivity contribution is -0.128. The van der Waals surface area contributed by atoms with Crippen LogP contribution in [0.3, 0.4) is 0 Å². The first-order valence-corrected chi connectivity index (χ1v) is 9.32. The van der Waals surface area contributed by atoms with Gasteiger partial charge in [-0.25, -0.2) is 4.79 Å². The van der Waals surface area contributed by atoms with Crippen LogP contribution in [0.5, 0.6) is 17.2 Å². The largest absolute Gasteiger partial charge is 0.456 e. The monoisotopic (exact) mass is 358 g/mol. The summed E-state index contributed by atoms with van der Waals surface area (Å²) in [5.41, 5.74) is 3.37. The van der Waals surface area contributed by atoms with Crippen molar-refractivity contribution in [2.75, 3.05) is 0 Å². The van der Waals surface area contributed by atoms with E-state index in [9.17, 15) is 4.79 Å². The van der Waals surface area contributed by atoms with Crippen LogP contribution >= 0.6 is 0 Å². The first-order chi connectivity index (χ1) is 13.2. The second kappa shape index (κ2) is 7.28. The number of aryl methyl sites for hydroxylation is 1. The topological polar surface area (TPSA) is 35.5 Å². The van der Waals surface area contributed by atoms with E-state index in [4.69, 9.17) is 9.47 Å². The quantitative estimate of drug-likeness (QED) is 0.330. The molecule has 0 saturated heterocycles. The molecule has 0 spiro atoms. The average Bonchev–Trinajstić information content (AvgIpc) is 2.71. The number of ether oxygens (including phenoxy) is 2. The molecule has 136 valence electrons. The van der Waals surface area contributed by atoms with Gasteiger partial charge in [-0.3, -0.25) is 0 Å². The molecule has 0 radical (unpaired) electrons. The van der Waals surface area contributed by atoms with E-state index in [1.165, 1.54) is 6.08 Å². The van der Waals surface area contributed by atoms with Crippen LogP contribution in [0, 0.1) is 6.92 Å². The van der Waals surface area contributed by atoms with Crippen molar-refractivity contribution in [1.82, 2.24) is 0 Å². The smallest absolute Gasteiger partial charge is 0.335 e. The van der Waals surface area contributed by atoms with Gasteiger partial charge in [0.1, 0.15) is 17.2 Å². The molecule has 3 nitrogen and oxygen atoms in total. The Kier molecular flexibility index (Phi) is 4.68. The van der Waals surface area contributed by atoms with Crippen LogP contribution in [0.15, 0.2) is 61.2 Å². The highest BCUT2D eigenvalue weighted by Crippen LogP contribution is 2.46. The Bertz CT molecular complexity index is 1020. The molecule has 0 saturated carbocycles. The Hall–Kier alpha value is -3.07. The molecule has 0 bridgehead atoms. The fourth-order valence-electron chi connectivity index (χ4n) is 3.76. The summed E-state index contributed by atoms with van der Waals surface area (Å²) in [6.07, 6.45) is 5.19. The highest BCUT2D eigenvalue weighted by atomic mass is 16.5. The number of fused-ring (bicyclic) bond motifs is 2. The van der Waals surface area contributed by atoms with Gasteiger partial charge in [-0.05, 0) is 50.8 Å². The summed E-state index contributed by atoms with van der Waals surface area (Å²) in [7, 11) is 0. The molecule has 0 aliphatic heterocycles. The Balaban J connectivity index is 1.99. The maximum atomic E-state index is 12.0. The van der Waals surface area contributed by atoms with E-state index in [0.29, 0.717) is 5.75 Å². The number of benzene rings is 3. The summed E-state index contributed by atoms with van der Waals surface area (Å²) in [4.78, 5) is 12.0. The highest BCUT2D eigenvalue weighted by molar-refractivity contribution is 5.99. The molecule has 0 fully saturated rings. The second-order valence-electron chi connectivity index (χ2n) is 6.91. The molecule has 1 aliphatic carbocycles. The van der Waals surface area contributed by atoms with Crippen LogP contribution < -0.4 is 9.47 Å². The molecule has 3 aromatic carbocycles. The Morgan fingerprint density at radius 3 is 2.37 bits per heavy atom. The van der Waals surface area contributed by atoms with Gasteiger partial charge in [0.25, 0.3) is 0 Å². The number of para-hydroxylation sites is 1. The number of esters is 1. The van der Waals surface area contributed by atoms with E-state index in [-0.39, 0.29) is 0 Å². The molecule has 0 N–H and O–H groups in total. The van der Waals surface area contributed by atoms with Gasteiger partial charge in [0.2, 0.25) is 0 Å². The first kappa shape index (κ1) is 17.3. The van der Waals surface area contributed by atoms with Gasteiger partial charge in [-0.2, -0.15) is 0 Å². The SMILES string of the molecule is C=CC(=O)Oc1c2c(c(Oc3ccccc3)c3cc(C)ccc13)CCCC2. The summed E-state index contributed by atoms with van der Waals surface area (Å²) < 4.78 is 12.1. The Morgan fingerprint density at radius 2 is 1.67 bits per heavy atom. The van der Waals surface area contributed by atoms with Gasteiger partial charge in [-0.1, -0.05) is 42.5 Å². The van der Waals surface area contributed by atoms with Crippen molar-refractivity contribution in [3.8, 4) is 17.2 Å². The van der Waals surface area contributed by atoms with E-state index in [2.05, 4.69) is 19.6 Å². The average molecular weight is 358 g/mol. The molecular weight excluding hydrogens is 336 g/mol. The summed E-state index contributed by atoms with van der Waals surface area (Å²) in [6, 6.07) is 16.0. The lowest BCUT2D eigenvalue weighted by Crippen LogP contribution is -2.12. The molecule has 27 heavy (non-hydrogen) atoms. The third-order valence-corrected chi connectivity index (χ3v) is 5.01. The van der Waals surface area contributed by atoms with Crippen LogP contribution in [0.1, 0.15) is 29.5 Å².